The van der Waals surface area contributed by atoms with Gasteiger partial charge in [-0.3, -0.25) is 13.9 Å². The maximum atomic E-state index is 14.1. The van der Waals surface area contributed by atoms with Crippen LogP contribution in [-0.2, 0) is 26.2 Å². The van der Waals surface area contributed by atoms with Crippen LogP contribution in [0.15, 0.2) is 77.7 Å². The van der Waals surface area contributed by atoms with Gasteiger partial charge in [0.1, 0.15) is 12.6 Å². The third-order valence-electron chi connectivity index (χ3n) is 6.63. The fraction of sp³-hybridized carbons (Fsp3) is 0.355. The Hall–Kier alpha value is -3.07. The number of rotatable bonds is 12. The molecule has 7 nitrogen and oxygen atoms in total. The van der Waals surface area contributed by atoms with E-state index < -0.39 is 28.5 Å². The summed E-state index contributed by atoms with van der Waals surface area (Å²) in [4.78, 5) is 28.8. The first-order valence-electron chi connectivity index (χ1n) is 13.6. The molecule has 0 radical (unpaired) electrons. The summed E-state index contributed by atoms with van der Waals surface area (Å²) in [6, 6.07) is 19.0. The fourth-order valence-corrected chi connectivity index (χ4v) is 6.31. The van der Waals surface area contributed by atoms with Gasteiger partial charge in [0, 0.05) is 22.6 Å². The summed E-state index contributed by atoms with van der Waals surface area (Å²) < 4.78 is 28.9. The van der Waals surface area contributed by atoms with Crippen molar-refractivity contribution in [3.63, 3.8) is 0 Å². The molecule has 0 heterocycles. The molecule has 0 unspecified atom stereocenters. The van der Waals surface area contributed by atoms with E-state index >= 15 is 0 Å². The Morgan fingerprint density at radius 3 is 2.07 bits per heavy atom. The molecule has 10 heteroatoms. The van der Waals surface area contributed by atoms with Crippen molar-refractivity contribution in [3.8, 4) is 0 Å². The first-order valence-corrected chi connectivity index (χ1v) is 15.8. The molecule has 0 fully saturated rings. The van der Waals surface area contributed by atoms with Gasteiger partial charge in [-0.05, 0) is 73.7 Å². The summed E-state index contributed by atoms with van der Waals surface area (Å²) in [6.07, 6.45) is 0.310. The zero-order valence-corrected chi connectivity index (χ0v) is 26.3. The number of nitrogens with zero attached hydrogens (tertiary/aromatic N) is 2. The molecular formula is C31H37Cl2N3O4S. The Labute approximate surface area is 253 Å². The molecule has 0 aliphatic rings. The molecule has 1 atom stereocenters. The average molecular weight is 619 g/mol. The zero-order chi connectivity index (χ0) is 30.3. The van der Waals surface area contributed by atoms with E-state index in [0.29, 0.717) is 27.7 Å². The summed E-state index contributed by atoms with van der Waals surface area (Å²) in [6.45, 7) is 9.04. The standard InChI is InChI=1S/C31H37Cl2N3O4S/c1-6-29(31(38)34-22(4)5)35(19-24-12-15-25(32)18-28(24)33)30(37)20-36(26-16-13-23(14-17-26)21(2)3)41(39,40)27-10-8-7-9-11-27/h7-18,21-22,29H,6,19-20H2,1-5H3,(H,34,38)/t29-/m0/s1. The molecule has 220 valence electrons. The number of hydrogen-bond acceptors (Lipinski definition) is 4. The minimum atomic E-state index is -4.13. The third-order valence-corrected chi connectivity index (χ3v) is 9.01. The minimum Gasteiger partial charge on any atom is -0.352 e. The highest BCUT2D eigenvalue weighted by molar-refractivity contribution is 7.92. The molecule has 3 rings (SSSR count). The number of halogens is 2. The van der Waals surface area contributed by atoms with Gasteiger partial charge in [0.15, 0.2) is 0 Å². The first kappa shape index (κ1) is 32.4. The van der Waals surface area contributed by atoms with Gasteiger partial charge in [-0.15, -0.1) is 0 Å². The van der Waals surface area contributed by atoms with Crippen molar-refractivity contribution in [1.29, 1.82) is 0 Å². The number of nitrogens with one attached hydrogen (secondary N) is 1. The highest BCUT2D eigenvalue weighted by atomic mass is 35.5. The first-order chi connectivity index (χ1) is 19.3. The smallest absolute Gasteiger partial charge is 0.264 e. The zero-order valence-electron chi connectivity index (χ0n) is 24.0. The Bertz CT molecular complexity index is 1450. The highest BCUT2D eigenvalue weighted by Gasteiger charge is 2.34. The van der Waals surface area contributed by atoms with Crippen LogP contribution in [0.5, 0.6) is 0 Å². The van der Waals surface area contributed by atoms with Gasteiger partial charge >= 0.3 is 0 Å². The van der Waals surface area contributed by atoms with E-state index in [2.05, 4.69) is 5.32 Å². The van der Waals surface area contributed by atoms with Crippen LogP contribution in [0.25, 0.3) is 0 Å². The summed E-state index contributed by atoms with van der Waals surface area (Å²) in [5.41, 5.74) is 1.96. The van der Waals surface area contributed by atoms with Gasteiger partial charge in [0.25, 0.3) is 10.0 Å². The molecule has 2 amide bonds. The summed E-state index contributed by atoms with van der Waals surface area (Å²) in [7, 11) is -4.13. The second-order valence-corrected chi connectivity index (χ2v) is 13.1. The number of carbonyl (C=O) groups excluding carboxylic acids is 2. The molecule has 0 aromatic heterocycles. The van der Waals surface area contributed by atoms with Crippen LogP contribution in [0.1, 0.15) is 58.1 Å². The lowest BCUT2D eigenvalue weighted by molar-refractivity contribution is -0.140. The van der Waals surface area contributed by atoms with Crippen molar-refractivity contribution in [1.82, 2.24) is 10.2 Å². The van der Waals surface area contributed by atoms with E-state index in [0.717, 1.165) is 9.87 Å². The van der Waals surface area contributed by atoms with Gasteiger partial charge in [-0.1, -0.05) is 80.4 Å². The van der Waals surface area contributed by atoms with E-state index in [9.17, 15) is 18.0 Å². The van der Waals surface area contributed by atoms with Crippen LogP contribution in [0.3, 0.4) is 0 Å². The number of hydrogen-bond donors (Lipinski definition) is 1. The Balaban J connectivity index is 2.09. The van der Waals surface area contributed by atoms with E-state index in [1.807, 2.05) is 39.8 Å². The van der Waals surface area contributed by atoms with Crippen LogP contribution in [0, 0.1) is 0 Å². The van der Waals surface area contributed by atoms with Crippen LogP contribution in [0.2, 0.25) is 10.0 Å². The predicted octanol–water partition coefficient (Wildman–Crippen LogP) is 6.64. The van der Waals surface area contributed by atoms with Crippen molar-refractivity contribution in [2.75, 3.05) is 10.8 Å². The van der Waals surface area contributed by atoms with E-state index in [-0.39, 0.29) is 29.3 Å². The molecule has 0 aliphatic heterocycles. The lowest BCUT2D eigenvalue weighted by Crippen LogP contribution is -2.53. The van der Waals surface area contributed by atoms with Crippen molar-refractivity contribution < 1.29 is 18.0 Å². The van der Waals surface area contributed by atoms with Crippen molar-refractivity contribution >= 4 is 50.7 Å². The largest absolute Gasteiger partial charge is 0.352 e. The van der Waals surface area contributed by atoms with E-state index in [1.54, 1.807) is 55.5 Å². The van der Waals surface area contributed by atoms with Crippen molar-refractivity contribution in [2.45, 2.75) is 70.5 Å². The molecule has 0 saturated heterocycles. The van der Waals surface area contributed by atoms with Crippen LogP contribution in [-0.4, -0.2) is 43.8 Å². The van der Waals surface area contributed by atoms with E-state index in [1.165, 1.54) is 17.0 Å². The molecule has 41 heavy (non-hydrogen) atoms. The number of carbonyl (C=O) groups is 2. The van der Waals surface area contributed by atoms with Gasteiger partial charge in [-0.2, -0.15) is 0 Å². The molecule has 0 spiro atoms. The molecular weight excluding hydrogens is 581 g/mol. The lowest BCUT2D eigenvalue weighted by Gasteiger charge is -2.33. The third kappa shape index (κ3) is 8.24. The molecule has 0 saturated carbocycles. The number of amides is 2. The summed E-state index contributed by atoms with van der Waals surface area (Å²) in [5, 5.41) is 3.65. The number of sulfonamides is 1. The monoisotopic (exact) mass is 617 g/mol. The molecule has 0 aliphatic carbocycles. The highest BCUT2D eigenvalue weighted by Crippen LogP contribution is 2.28. The van der Waals surface area contributed by atoms with Gasteiger partial charge in [0.2, 0.25) is 11.8 Å². The van der Waals surface area contributed by atoms with Gasteiger partial charge in [-0.25, -0.2) is 8.42 Å². The lowest BCUT2D eigenvalue weighted by atomic mass is 10.0. The molecule has 0 bridgehead atoms. The molecule has 3 aromatic carbocycles. The van der Waals surface area contributed by atoms with Gasteiger partial charge < -0.3 is 10.2 Å². The van der Waals surface area contributed by atoms with E-state index in [4.69, 9.17) is 23.2 Å². The van der Waals surface area contributed by atoms with Crippen molar-refractivity contribution in [2.24, 2.45) is 0 Å². The quantitative estimate of drug-likeness (QED) is 0.247. The molecule has 1 N–H and O–H groups in total. The Morgan fingerprint density at radius 2 is 1.54 bits per heavy atom. The average Bonchev–Trinajstić information content (AvgIpc) is 2.92. The number of anilines is 1. The summed E-state index contributed by atoms with van der Waals surface area (Å²) >= 11 is 12.5. The Morgan fingerprint density at radius 1 is 0.902 bits per heavy atom. The molecule has 3 aromatic rings. The Kier molecular flexibility index (Phi) is 11.2. The normalized spacial score (nSPS) is 12.3. The minimum absolute atomic E-state index is 0.00955. The second-order valence-electron chi connectivity index (χ2n) is 10.4. The second kappa shape index (κ2) is 14.2. The number of benzene rings is 3. The fourth-order valence-electron chi connectivity index (χ4n) is 4.41. The van der Waals surface area contributed by atoms with Crippen LogP contribution in [0.4, 0.5) is 5.69 Å². The predicted molar refractivity (Wildman–Crippen MR) is 166 cm³/mol. The maximum absolute atomic E-state index is 14.1. The SMILES string of the molecule is CC[C@@H](C(=O)NC(C)C)N(Cc1ccc(Cl)cc1Cl)C(=O)CN(c1ccc(C(C)C)cc1)S(=O)(=O)c1ccccc1. The maximum Gasteiger partial charge on any atom is 0.264 e. The van der Waals surface area contributed by atoms with Crippen molar-refractivity contribution in [3.05, 3.63) is 94.0 Å². The topological polar surface area (TPSA) is 86.8 Å². The van der Waals surface area contributed by atoms with Gasteiger partial charge in [0.05, 0.1) is 10.6 Å². The summed E-state index contributed by atoms with van der Waals surface area (Å²) in [5.74, 6) is -0.636. The van der Waals surface area contributed by atoms with Crippen LogP contribution >= 0.6 is 23.2 Å². The van der Waals surface area contributed by atoms with Crippen LogP contribution < -0.4 is 9.62 Å².